The van der Waals surface area contributed by atoms with Gasteiger partial charge in [0.25, 0.3) is 5.56 Å². The molecule has 5 aromatic rings. The Bertz CT molecular complexity index is 1910. The molecule has 0 amide bonds. The summed E-state index contributed by atoms with van der Waals surface area (Å²) in [7, 11) is 3.05. The maximum atomic E-state index is 12.4. The summed E-state index contributed by atoms with van der Waals surface area (Å²) < 4.78 is 4.17. The topological polar surface area (TPSA) is 138 Å². The quantitative estimate of drug-likeness (QED) is 0.165. The molecule has 1 aliphatic heterocycles. The fraction of sp³-hybridized carbons (Fsp3) is 0.410. The normalized spacial score (nSPS) is 16.4. The number of phenolic OH excluding ortho intramolecular Hbond substituents is 1. The lowest BCUT2D eigenvalue weighted by atomic mass is 9.89. The molecular formula is C39H50N6O5. The lowest BCUT2D eigenvalue weighted by Crippen LogP contribution is -2.43. The van der Waals surface area contributed by atoms with Crippen molar-refractivity contribution in [3.8, 4) is 5.75 Å². The number of aryl methyl sites for hydroxylation is 1. The van der Waals surface area contributed by atoms with Crippen LogP contribution in [0.15, 0.2) is 101 Å². The smallest absolute Gasteiger partial charge is 0.332 e. The number of phenols is 1. The van der Waals surface area contributed by atoms with Gasteiger partial charge in [-0.15, -0.1) is 0 Å². The second-order valence-corrected chi connectivity index (χ2v) is 13.4. The number of fused-ring (bicyclic) bond motifs is 1. The number of benzene rings is 3. The molecule has 1 fully saturated rings. The van der Waals surface area contributed by atoms with Gasteiger partial charge in [-0.1, -0.05) is 72.8 Å². The van der Waals surface area contributed by atoms with Crippen molar-refractivity contribution in [1.29, 1.82) is 0 Å². The largest absolute Gasteiger partial charge is 0.508 e. The highest BCUT2D eigenvalue weighted by Gasteiger charge is 2.27. The van der Waals surface area contributed by atoms with Crippen LogP contribution in [0.5, 0.6) is 5.75 Å². The van der Waals surface area contributed by atoms with Gasteiger partial charge in [0.1, 0.15) is 5.75 Å². The van der Waals surface area contributed by atoms with Crippen LogP contribution in [-0.2, 0) is 27.1 Å². The lowest BCUT2D eigenvalue weighted by molar-refractivity contribution is 0.0373. The van der Waals surface area contributed by atoms with E-state index in [1.165, 1.54) is 30.0 Å². The highest BCUT2D eigenvalue weighted by atomic mass is 16.3. The Morgan fingerprint density at radius 2 is 1.42 bits per heavy atom. The number of aromatic hydroxyl groups is 1. The summed E-state index contributed by atoms with van der Waals surface area (Å²) in [4.78, 5) is 30.9. The molecule has 50 heavy (non-hydrogen) atoms. The van der Waals surface area contributed by atoms with Gasteiger partial charge >= 0.3 is 5.69 Å². The zero-order chi connectivity index (χ0) is 35.8. The minimum absolute atomic E-state index is 0.0900. The molecule has 1 aliphatic rings. The van der Waals surface area contributed by atoms with E-state index in [0.29, 0.717) is 24.3 Å². The molecule has 0 bridgehead atoms. The fourth-order valence-corrected chi connectivity index (χ4v) is 6.69. The first-order valence-corrected chi connectivity index (χ1v) is 17.4. The van der Waals surface area contributed by atoms with Gasteiger partial charge in [-0.05, 0) is 80.9 Å². The number of likely N-dealkylation sites (tertiary alicyclic amines) is 1. The summed E-state index contributed by atoms with van der Waals surface area (Å²) in [5.41, 5.74) is 3.15. The Kier molecular flexibility index (Phi) is 12.4. The maximum Gasteiger partial charge on any atom is 0.332 e. The Hall–Kier alpha value is -4.55. The van der Waals surface area contributed by atoms with Gasteiger partial charge in [-0.25, -0.2) is 9.78 Å². The van der Waals surface area contributed by atoms with Crippen LogP contribution in [-0.4, -0.2) is 70.6 Å². The van der Waals surface area contributed by atoms with Gasteiger partial charge in [0.15, 0.2) is 11.2 Å². The number of hydrogen-bond donors (Lipinski definition) is 4. The Balaban J connectivity index is 0.000000195. The zero-order valence-electron chi connectivity index (χ0n) is 29.4. The molecule has 2 unspecified atom stereocenters. The number of piperidine rings is 1. The first-order chi connectivity index (χ1) is 24.0. The van der Waals surface area contributed by atoms with Crippen molar-refractivity contribution < 1.29 is 15.3 Å². The molecule has 0 spiro atoms. The van der Waals surface area contributed by atoms with E-state index in [9.17, 15) is 24.9 Å². The van der Waals surface area contributed by atoms with Gasteiger partial charge in [0.2, 0.25) is 0 Å². The van der Waals surface area contributed by atoms with E-state index < -0.39 is 17.9 Å². The van der Waals surface area contributed by atoms with E-state index in [1.807, 2.05) is 37.3 Å². The summed E-state index contributed by atoms with van der Waals surface area (Å²) in [5, 5.41) is 33.7. The number of aliphatic hydroxyl groups is 2. The number of nitrogens with one attached hydrogen (secondary N) is 1. The Morgan fingerprint density at radius 1 is 0.820 bits per heavy atom. The number of aromatic nitrogens is 4. The minimum Gasteiger partial charge on any atom is -0.508 e. The number of imidazole rings is 1. The van der Waals surface area contributed by atoms with E-state index in [2.05, 4.69) is 52.5 Å². The van der Waals surface area contributed by atoms with Crippen molar-refractivity contribution in [2.75, 3.05) is 19.6 Å². The average molecular weight is 683 g/mol. The summed E-state index contributed by atoms with van der Waals surface area (Å²) in [6, 6.07) is 27.0. The van der Waals surface area contributed by atoms with Crippen LogP contribution < -0.4 is 16.6 Å². The van der Waals surface area contributed by atoms with Crippen molar-refractivity contribution in [2.45, 2.75) is 63.9 Å². The molecule has 266 valence electrons. The van der Waals surface area contributed by atoms with Crippen LogP contribution >= 0.6 is 0 Å². The molecule has 6 rings (SSSR count). The van der Waals surface area contributed by atoms with E-state index in [1.54, 1.807) is 42.2 Å². The first-order valence-electron chi connectivity index (χ1n) is 17.4. The average Bonchev–Trinajstić information content (AvgIpc) is 3.58. The molecule has 11 heteroatoms. The van der Waals surface area contributed by atoms with Crippen LogP contribution in [0.4, 0.5) is 0 Å². The highest BCUT2D eigenvalue weighted by molar-refractivity contribution is 5.69. The van der Waals surface area contributed by atoms with Crippen molar-refractivity contribution >= 4 is 11.2 Å². The number of hydrogen-bond acceptors (Lipinski definition) is 8. The van der Waals surface area contributed by atoms with Crippen LogP contribution in [0, 0.1) is 5.92 Å². The molecule has 11 nitrogen and oxygen atoms in total. The molecule has 0 saturated carbocycles. The molecule has 4 atom stereocenters. The van der Waals surface area contributed by atoms with Crippen molar-refractivity contribution in [3.63, 3.8) is 0 Å². The van der Waals surface area contributed by atoms with E-state index >= 15 is 0 Å². The summed E-state index contributed by atoms with van der Waals surface area (Å²) in [5.74, 6) is 0.974. The standard InChI is InChI=1S/C21H27NO2.C18H23N5O3/c1-16(21(24)19-7-9-20(23)10-8-19)22-13-11-18(12-14-22)15-17-5-3-2-4-6-17;1-12(15(24)13-7-5-4-6-8-13)19-9-10-23-11-20-16-14(23)17(25)22(3)18(26)21(16)2/h2-10,16,18,21,23-24H,11-15H2,1H3;4-8,11-12,15,19,24H,9-10H2,1-3H3/t;12-,15-/m.0/s1. The number of aliphatic hydroxyl groups excluding tert-OH is 2. The third-order valence-electron chi connectivity index (χ3n) is 9.93. The van der Waals surface area contributed by atoms with Crippen molar-refractivity contribution in [3.05, 3.63) is 129 Å². The monoisotopic (exact) mass is 682 g/mol. The predicted molar refractivity (Wildman–Crippen MR) is 196 cm³/mol. The molecule has 4 N–H and O–H groups in total. The molecule has 1 saturated heterocycles. The van der Waals surface area contributed by atoms with Gasteiger partial charge in [-0.2, -0.15) is 0 Å². The molecular weight excluding hydrogens is 632 g/mol. The van der Waals surface area contributed by atoms with Gasteiger partial charge in [0.05, 0.1) is 18.5 Å². The summed E-state index contributed by atoms with van der Waals surface area (Å²) >= 11 is 0. The van der Waals surface area contributed by atoms with Crippen molar-refractivity contribution in [1.82, 2.24) is 28.9 Å². The van der Waals surface area contributed by atoms with E-state index in [-0.39, 0.29) is 23.4 Å². The van der Waals surface area contributed by atoms with E-state index in [4.69, 9.17) is 0 Å². The molecule has 2 aromatic heterocycles. The van der Waals surface area contributed by atoms with Crippen molar-refractivity contribution in [2.24, 2.45) is 20.0 Å². The third-order valence-corrected chi connectivity index (χ3v) is 9.93. The van der Waals surface area contributed by atoms with Crippen LogP contribution in [0.1, 0.15) is 55.6 Å². The third kappa shape index (κ3) is 8.78. The second-order valence-electron chi connectivity index (χ2n) is 13.4. The summed E-state index contributed by atoms with van der Waals surface area (Å²) in [6.07, 6.45) is 3.94. The SMILES string of the molecule is CC(C(O)c1ccc(O)cc1)N1CCC(Cc2ccccc2)CC1.C[C@H](NCCn1cnc2c1c(=O)n(C)c(=O)n2C)[C@H](O)c1ccccc1. The van der Waals surface area contributed by atoms with Crippen LogP contribution in [0.3, 0.4) is 0 Å². The molecule has 3 heterocycles. The predicted octanol–water partition coefficient (Wildman–Crippen LogP) is 3.91. The molecule has 0 aliphatic carbocycles. The molecule has 0 radical (unpaired) electrons. The number of rotatable bonds is 11. The summed E-state index contributed by atoms with van der Waals surface area (Å²) in [6.45, 7) is 7.11. The zero-order valence-corrected chi connectivity index (χ0v) is 29.4. The first kappa shape index (κ1) is 36.7. The lowest BCUT2D eigenvalue weighted by Gasteiger charge is -2.38. The van der Waals surface area contributed by atoms with Gasteiger partial charge < -0.3 is 25.2 Å². The highest BCUT2D eigenvalue weighted by Crippen LogP contribution is 2.28. The molecule has 3 aromatic carbocycles. The second kappa shape index (κ2) is 16.9. The number of nitrogens with zero attached hydrogens (tertiary/aromatic N) is 5. The minimum atomic E-state index is -0.621. The Morgan fingerprint density at radius 3 is 2.06 bits per heavy atom. The fourth-order valence-electron chi connectivity index (χ4n) is 6.69. The maximum absolute atomic E-state index is 12.4. The van der Waals surface area contributed by atoms with Crippen LogP contribution in [0.2, 0.25) is 0 Å². The Labute approximate surface area is 293 Å². The van der Waals surface area contributed by atoms with Gasteiger partial charge in [0, 0.05) is 39.3 Å². The van der Waals surface area contributed by atoms with Gasteiger partial charge in [-0.3, -0.25) is 18.8 Å². The van der Waals surface area contributed by atoms with E-state index in [0.717, 1.165) is 41.1 Å². The van der Waals surface area contributed by atoms with Crippen LogP contribution in [0.25, 0.3) is 11.2 Å².